The van der Waals surface area contributed by atoms with Crippen LogP contribution in [0.25, 0.3) is 0 Å². The predicted octanol–water partition coefficient (Wildman–Crippen LogP) is 2.07. The van der Waals surface area contributed by atoms with Crippen LogP contribution in [0.1, 0.15) is 30.7 Å². The molecule has 1 unspecified atom stereocenters. The van der Waals surface area contributed by atoms with Crippen LogP contribution in [0.5, 0.6) is 0 Å². The minimum Gasteiger partial charge on any atom is -0.355 e. The summed E-state index contributed by atoms with van der Waals surface area (Å²) in [6, 6.07) is 9.75. The maximum atomic E-state index is 12.0. The van der Waals surface area contributed by atoms with Gasteiger partial charge >= 0.3 is 0 Å². The SMILES string of the molecule is Cl.NCC(C(=O)NCC1CCC1)c1ccccc1. The van der Waals surface area contributed by atoms with E-state index in [2.05, 4.69) is 5.32 Å². The molecule has 0 heterocycles. The van der Waals surface area contributed by atoms with Crippen molar-refractivity contribution in [3.63, 3.8) is 0 Å². The number of hydrogen-bond donors (Lipinski definition) is 2. The van der Waals surface area contributed by atoms with Gasteiger partial charge in [0.25, 0.3) is 0 Å². The van der Waals surface area contributed by atoms with Gasteiger partial charge in [-0.05, 0) is 24.3 Å². The maximum absolute atomic E-state index is 12.0. The lowest BCUT2D eigenvalue weighted by Gasteiger charge is -2.26. The molecule has 2 rings (SSSR count). The lowest BCUT2D eigenvalue weighted by atomic mass is 9.85. The van der Waals surface area contributed by atoms with E-state index in [1.807, 2.05) is 30.3 Å². The first kappa shape index (κ1) is 15.0. The molecule has 1 fully saturated rings. The molecule has 4 heteroatoms. The lowest BCUT2D eigenvalue weighted by molar-refractivity contribution is -0.122. The molecule has 1 saturated carbocycles. The fraction of sp³-hybridized carbons (Fsp3) is 0.500. The van der Waals surface area contributed by atoms with E-state index < -0.39 is 0 Å². The van der Waals surface area contributed by atoms with Crippen LogP contribution in [0.4, 0.5) is 0 Å². The molecule has 0 aromatic heterocycles. The summed E-state index contributed by atoms with van der Waals surface area (Å²) in [6.45, 7) is 1.17. The van der Waals surface area contributed by atoms with E-state index in [1.165, 1.54) is 19.3 Å². The highest BCUT2D eigenvalue weighted by Crippen LogP contribution is 2.25. The zero-order chi connectivity index (χ0) is 12.1. The number of nitrogens with two attached hydrogens (primary N) is 1. The van der Waals surface area contributed by atoms with Crippen molar-refractivity contribution in [2.75, 3.05) is 13.1 Å². The smallest absolute Gasteiger partial charge is 0.228 e. The van der Waals surface area contributed by atoms with Crippen molar-refractivity contribution in [1.29, 1.82) is 0 Å². The first-order valence-corrected chi connectivity index (χ1v) is 6.34. The predicted molar refractivity (Wildman–Crippen MR) is 75.8 cm³/mol. The third-order valence-corrected chi connectivity index (χ3v) is 3.54. The number of nitrogens with one attached hydrogen (secondary N) is 1. The molecule has 1 amide bonds. The highest BCUT2D eigenvalue weighted by Gasteiger charge is 2.22. The Labute approximate surface area is 115 Å². The van der Waals surface area contributed by atoms with E-state index in [-0.39, 0.29) is 24.2 Å². The van der Waals surface area contributed by atoms with Gasteiger partial charge in [0.05, 0.1) is 5.92 Å². The molecular weight excluding hydrogens is 248 g/mol. The van der Waals surface area contributed by atoms with Crippen molar-refractivity contribution < 1.29 is 4.79 Å². The van der Waals surface area contributed by atoms with Gasteiger partial charge in [-0.1, -0.05) is 36.8 Å². The molecule has 0 spiro atoms. The molecule has 1 aliphatic carbocycles. The van der Waals surface area contributed by atoms with Crippen molar-refractivity contribution in [2.24, 2.45) is 11.7 Å². The minimum absolute atomic E-state index is 0. The van der Waals surface area contributed by atoms with Gasteiger partial charge in [0.1, 0.15) is 0 Å². The summed E-state index contributed by atoms with van der Waals surface area (Å²) in [5, 5.41) is 3.02. The number of carbonyl (C=O) groups is 1. The summed E-state index contributed by atoms with van der Waals surface area (Å²) in [6.07, 6.45) is 3.80. The van der Waals surface area contributed by atoms with Crippen LogP contribution in [-0.4, -0.2) is 19.0 Å². The zero-order valence-electron chi connectivity index (χ0n) is 10.5. The standard InChI is InChI=1S/C14H20N2O.ClH/c15-9-13(12-7-2-1-3-8-12)14(17)16-10-11-5-4-6-11;/h1-3,7-8,11,13H,4-6,9-10,15H2,(H,16,17);1H. The summed E-state index contributed by atoms with van der Waals surface area (Å²) in [5.41, 5.74) is 6.70. The summed E-state index contributed by atoms with van der Waals surface area (Å²) in [4.78, 5) is 12.0. The van der Waals surface area contributed by atoms with Gasteiger partial charge in [0, 0.05) is 13.1 Å². The Morgan fingerprint density at radius 2 is 2.00 bits per heavy atom. The number of halogens is 1. The third-order valence-electron chi connectivity index (χ3n) is 3.54. The largest absolute Gasteiger partial charge is 0.355 e. The Balaban J connectivity index is 0.00000162. The molecule has 1 aromatic rings. The average Bonchev–Trinajstić information content (AvgIpc) is 2.29. The van der Waals surface area contributed by atoms with Gasteiger partial charge in [-0.3, -0.25) is 4.79 Å². The van der Waals surface area contributed by atoms with E-state index in [9.17, 15) is 4.79 Å². The van der Waals surface area contributed by atoms with Gasteiger partial charge in [-0.25, -0.2) is 0 Å². The number of carbonyl (C=O) groups excluding carboxylic acids is 1. The van der Waals surface area contributed by atoms with Crippen molar-refractivity contribution >= 4 is 18.3 Å². The molecule has 3 nitrogen and oxygen atoms in total. The molecule has 3 N–H and O–H groups in total. The summed E-state index contributed by atoms with van der Waals surface area (Å²) in [5.74, 6) is 0.537. The van der Waals surface area contributed by atoms with Crippen LogP contribution < -0.4 is 11.1 Å². The molecule has 100 valence electrons. The monoisotopic (exact) mass is 268 g/mol. The van der Waals surface area contributed by atoms with Crippen LogP contribution in [-0.2, 0) is 4.79 Å². The van der Waals surface area contributed by atoms with Crippen molar-refractivity contribution in [1.82, 2.24) is 5.32 Å². The second-order valence-electron chi connectivity index (χ2n) is 4.74. The first-order chi connectivity index (χ1) is 8.31. The van der Waals surface area contributed by atoms with E-state index in [0.29, 0.717) is 12.5 Å². The fourth-order valence-corrected chi connectivity index (χ4v) is 2.14. The molecule has 0 saturated heterocycles. The third kappa shape index (κ3) is 3.72. The first-order valence-electron chi connectivity index (χ1n) is 6.34. The summed E-state index contributed by atoms with van der Waals surface area (Å²) >= 11 is 0. The summed E-state index contributed by atoms with van der Waals surface area (Å²) in [7, 11) is 0. The van der Waals surface area contributed by atoms with Crippen LogP contribution in [0.2, 0.25) is 0 Å². The Kier molecular flexibility index (Phi) is 6.16. The van der Waals surface area contributed by atoms with Crippen molar-refractivity contribution in [3.05, 3.63) is 35.9 Å². The van der Waals surface area contributed by atoms with Gasteiger partial charge in [0.2, 0.25) is 5.91 Å². The topological polar surface area (TPSA) is 55.1 Å². The molecule has 0 bridgehead atoms. The fourth-order valence-electron chi connectivity index (χ4n) is 2.14. The highest BCUT2D eigenvalue weighted by molar-refractivity contribution is 5.85. The highest BCUT2D eigenvalue weighted by atomic mass is 35.5. The number of amides is 1. The second-order valence-corrected chi connectivity index (χ2v) is 4.74. The normalized spacial score (nSPS) is 16.3. The van der Waals surface area contributed by atoms with Crippen LogP contribution in [0, 0.1) is 5.92 Å². The van der Waals surface area contributed by atoms with Gasteiger partial charge in [-0.2, -0.15) is 0 Å². The zero-order valence-corrected chi connectivity index (χ0v) is 11.3. The Morgan fingerprint density at radius 3 is 2.50 bits per heavy atom. The Bertz CT molecular complexity index is 365. The molecular formula is C14H21ClN2O. The van der Waals surface area contributed by atoms with Crippen LogP contribution >= 0.6 is 12.4 Å². The van der Waals surface area contributed by atoms with Gasteiger partial charge in [-0.15, -0.1) is 12.4 Å². The van der Waals surface area contributed by atoms with E-state index >= 15 is 0 Å². The van der Waals surface area contributed by atoms with Gasteiger partial charge in [0.15, 0.2) is 0 Å². The molecule has 0 aliphatic heterocycles. The lowest BCUT2D eigenvalue weighted by Crippen LogP contribution is -2.37. The number of hydrogen-bond acceptors (Lipinski definition) is 2. The van der Waals surface area contributed by atoms with Crippen LogP contribution in [0.3, 0.4) is 0 Å². The van der Waals surface area contributed by atoms with Crippen molar-refractivity contribution in [3.8, 4) is 0 Å². The van der Waals surface area contributed by atoms with E-state index in [0.717, 1.165) is 12.1 Å². The average molecular weight is 269 g/mol. The maximum Gasteiger partial charge on any atom is 0.228 e. The second kappa shape index (κ2) is 7.39. The van der Waals surface area contributed by atoms with E-state index in [1.54, 1.807) is 0 Å². The molecule has 0 radical (unpaired) electrons. The van der Waals surface area contributed by atoms with Crippen molar-refractivity contribution in [2.45, 2.75) is 25.2 Å². The molecule has 18 heavy (non-hydrogen) atoms. The Hall–Kier alpha value is -1.06. The van der Waals surface area contributed by atoms with Crippen LogP contribution in [0.15, 0.2) is 30.3 Å². The Morgan fingerprint density at radius 1 is 1.33 bits per heavy atom. The van der Waals surface area contributed by atoms with Gasteiger partial charge < -0.3 is 11.1 Å². The molecule has 1 aliphatic rings. The van der Waals surface area contributed by atoms with E-state index in [4.69, 9.17) is 5.73 Å². The summed E-state index contributed by atoms with van der Waals surface area (Å²) < 4.78 is 0. The number of benzene rings is 1. The molecule has 1 atom stereocenters. The molecule has 1 aromatic carbocycles. The minimum atomic E-state index is -0.212. The number of rotatable bonds is 5. The quantitative estimate of drug-likeness (QED) is 0.859.